The van der Waals surface area contributed by atoms with Crippen LogP contribution in [0.2, 0.25) is 5.02 Å². The van der Waals surface area contributed by atoms with Crippen LogP contribution in [0.5, 0.6) is 5.75 Å². The van der Waals surface area contributed by atoms with E-state index in [9.17, 15) is 13.2 Å². The molecule has 0 bridgehead atoms. The minimum absolute atomic E-state index is 0.0565. The summed E-state index contributed by atoms with van der Waals surface area (Å²) in [5.74, 6) is 0.257. The number of hydrogen-bond donors (Lipinski definition) is 0. The second-order valence-electron chi connectivity index (χ2n) is 8.80. The average Bonchev–Trinajstić information content (AvgIpc) is 3.23. The van der Waals surface area contributed by atoms with Crippen LogP contribution < -0.4 is 4.74 Å². The zero-order valence-corrected chi connectivity index (χ0v) is 21.5. The summed E-state index contributed by atoms with van der Waals surface area (Å²) in [4.78, 5) is 15.0. The molecular weight excluding hydrogens is 486 g/mol. The summed E-state index contributed by atoms with van der Waals surface area (Å²) < 4.78 is 37.6. The van der Waals surface area contributed by atoms with Crippen molar-refractivity contribution in [3.05, 3.63) is 94.0 Å². The van der Waals surface area contributed by atoms with Gasteiger partial charge in [-0.2, -0.15) is 0 Å². The quantitative estimate of drug-likeness (QED) is 0.451. The molecule has 1 fully saturated rings. The number of benzene rings is 3. The predicted octanol–water partition coefficient (Wildman–Crippen LogP) is 4.85. The number of rotatable bonds is 7. The number of carbonyl (C=O) groups excluding carboxylic acids is 1. The molecule has 3 aromatic rings. The third-order valence-corrected chi connectivity index (χ3v) is 8.32. The van der Waals surface area contributed by atoms with Crippen LogP contribution in [0, 0.1) is 13.8 Å². The zero-order valence-electron chi connectivity index (χ0n) is 19.9. The Bertz CT molecular complexity index is 1340. The fraction of sp³-hybridized carbons (Fsp3) is 0.296. The van der Waals surface area contributed by atoms with Gasteiger partial charge in [-0.3, -0.25) is 4.79 Å². The van der Waals surface area contributed by atoms with E-state index < -0.39 is 9.84 Å². The molecule has 6 nitrogen and oxygen atoms in total. The van der Waals surface area contributed by atoms with Gasteiger partial charge in [0, 0.05) is 12.7 Å². The van der Waals surface area contributed by atoms with E-state index in [1.807, 2.05) is 32.0 Å². The molecule has 0 spiro atoms. The van der Waals surface area contributed by atoms with E-state index in [1.165, 1.54) is 6.07 Å². The number of carbonyl (C=O) groups is 1. The van der Waals surface area contributed by atoms with E-state index in [0.717, 1.165) is 11.1 Å². The van der Waals surface area contributed by atoms with Crippen LogP contribution in [0.3, 0.4) is 0 Å². The Hall–Kier alpha value is -2.87. The summed E-state index contributed by atoms with van der Waals surface area (Å²) in [6.07, 6.45) is -0.691. The Morgan fingerprint density at radius 1 is 1.00 bits per heavy atom. The van der Waals surface area contributed by atoms with Gasteiger partial charge in [-0.25, -0.2) is 8.42 Å². The molecule has 0 aliphatic carbocycles. The molecule has 0 aromatic heterocycles. The van der Waals surface area contributed by atoms with Gasteiger partial charge in [-0.1, -0.05) is 53.6 Å². The van der Waals surface area contributed by atoms with E-state index in [1.54, 1.807) is 54.5 Å². The molecule has 1 heterocycles. The fourth-order valence-electron chi connectivity index (χ4n) is 4.26. The van der Waals surface area contributed by atoms with Crippen LogP contribution in [0.15, 0.2) is 71.6 Å². The number of halogens is 1. The summed E-state index contributed by atoms with van der Waals surface area (Å²) in [5.41, 5.74) is 3.20. The smallest absolute Gasteiger partial charge is 0.254 e. The monoisotopic (exact) mass is 513 g/mol. The van der Waals surface area contributed by atoms with Crippen molar-refractivity contribution in [1.29, 1.82) is 0 Å². The SMILES string of the molecule is CO[C@@H]1CN(C(=O)c2cc(C)ccc2C)C[C@H]1Oc1cccc(CS(=O)(=O)c2ccccc2Cl)c1. The number of hydrogen-bond acceptors (Lipinski definition) is 5. The first-order valence-electron chi connectivity index (χ1n) is 11.3. The molecule has 184 valence electrons. The normalized spacial score (nSPS) is 18.0. The van der Waals surface area contributed by atoms with Crippen LogP contribution in [-0.4, -0.2) is 51.6 Å². The number of likely N-dealkylation sites (tertiary alicyclic amines) is 1. The van der Waals surface area contributed by atoms with Crippen molar-refractivity contribution in [2.75, 3.05) is 20.2 Å². The average molecular weight is 514 g/mol. The second kappa shape index (κ2) is 10.4. The highest BCUT2D eigenvalue weighted by atomic mass is 35.5. The van der Waals surface area contributed by atoms with Gasteiger partial charge in [0.15, 0.2) is 9.84 Å². The minimum atomic E-state index is -3.63. The Labute approximate surface area is 211 Å². The van der Waals surface area contributed by atoms with E-state index in [4.69, 9.17) is 21.1 Å². The van der Waals surface area contributed by atoms with Crippen molar-refractivity contribution in [3.63, 3.8) is 0 Å². The lowest BCUT2D eigenvalue weighted by atomic mass is 10.0. The third kappa shape index (κ3) is 5.69. The van der Waals surface area contributed by atoms with Crippen LogP contribution in [-0.2, 0) is 20.3 Å². The molecule has 3 aromatic carbocycles. The van der Waals surface area contributed by atoms with Gasteiger partial charge >= 0.3 is 0 Å². The Balaban J connectivity index is 1.49. The first-order valence-corrected chi connectivity index (χ1v) is 13.3. The lowest BCUT2D eigenvalue weighted by Gasteiger charge is -2.19. The number of ether oxygens (including phenoxy) is 2. The van der Waals surface area contributed by atoms with E-state index >= 15 is 0 Å². The van der Waals surface area contributed by atoms with Crippen LogP contribution >= 0.6 is 11.6 Å². The molecule has 0 saturated carbocycles. The molecule has 1 amide bonds. The largest absolute Gasteiger partial charge is 0.486 e. The summed E-state index contributed by atoms with van der Waals surface area (Å²) in [5, 5.41) is 0.197. The number of nitrogens with zero attached hydrogens (tertiary/aromatic N) is 1. The number of methoxy groups -OCH3 is 1. The van der Waals surface area contributed by atoms with Crippen molar-refractivity contribution in [3.8, 4) is 5.75 Å². The zero-order chi connectivity index (χ0) is 25.2. The Morgan fingerprint density at radius 3 is 2.49 bits per heavy atom. The number of aryl methyl sites for hydroxylation is 2. The van der Waals surface area contributed by atoms with Gasteiger partial charge < -0.3 is 14.4 Å². The van der Waals surface area contributed by atoms with Crippen LogP contribution in [0.4, 0.5) is 0 Å². The van der Waals surface area contributed by atoms with Gasteiger partial charge in [-0.15, -0.1) is 0 Å². The molecule has 35 heavy (non-hydrogen) atoms. The van der Waals surface area contributed by atoms with Crippen LogP contribution in [0.1, 0.15) is 27.0 Å². The van der Waals surface area contributed by atoms with Gasteiger partial charge in [0.05, 0.1) is 28.8 Å². The minimum Gasteiger partial charge on any atom is -0.486 e. The van der Waals surface area contributed by atoms with E-state index in [2.05, 4.69) is 0 Å². The van der Waals surface area contributed by atoms with Crippen molar-refractivity contribution in [1.82, 2.24) is 4.90 Å². The summed E-state index contributed by atoms with van der Waals surface area (Å²) in [6.45, 7) is 4.66. The second-order valence-corrected chi connectivity index (χ2v) is 11.2. The summed E-state index contributed by atoms with van der Waals surface area (Å²) >= 11 is 6.10. The molecule has 8 heteroatoms. The molecule has 2 atom stereocenters. The standard InChI is InChI=1S/C27H28ClNO5S/c1-18-11-12-19(2)22(13-18)27(30)29-15-24(33-3)25(16-29)34-21-8-6-7-20(14-21)17-35(31,32)26-10-5-4-9-23(26)28/h4-14,24-25H,15-17H2,1-3H3/t24-,25-/m1/s1. The van der Waals surface area contributed by atoms with Crippen LogP contribution in [0.25, 0.3) is 0 Å². The van der Waals surface area contributed by atoms with E-state index in [-0.39, 0.29) is 33.8 Å². The predicted molar refractivity (Wildman–Crippen MR) is 136 cm³/mol. The van der Waals surface area contributed by atoms with Gasteiger partial charge in [-0.05, 0) is 55.3 Å². The highest BCUT2D eigenvalue weighted by molar-refractivity contribution is 7.90. The van der Waals surface area contributed by atoms with Crippen molar-refractivity contribution >= 4 is 27.3 Å². The third-order valence-electron chi connectivity index (χ3n) is 6.14. The maximum Gasteiger partial charge on any atom is 0.254 e. The molecule has 1 aliphatic heterocycles. The molecule has 0 unspecified atom stereocenters. The molecule has 4 rings (SSSR count). The highest BCUT2D eigenvalue weighted by Gasteiger charge is 2.37. The summed E-state index contributed by atoms with van der Waals surface area (Å²) in [6, 6.07) is 19.2. The molecule has 1 aliphatic rings. The number of sulfone groups is 1. The molecular formula is C27H28ClNO5S. The Morgan fingerprint density at radius 2 is 1.74 bits per heavy atom. The fourth-order valence-corrected chi connectivity index (χ4v) is 6.18. The molecule has 0 N–H and O–H groups in total. The van der Waals surface area contributed by atoms with Gasteiger partial charge in [0.1, 0.15) is 18.0 Å². The maximum absolute atomic E-state index is 13.2. The van der Waals surface area contributed by atoms with E-state index in [0.29, 0.717) is 30.0 Å². The molecule has 1 saturated heterocycles. The maximum atomic E-state index is 13.2. The Kier molecular flexibility index (Phi) is 7.50. The highest BCUT2D eigenvalue weighted by Crippen LogP contribution is 2.27. The van der Waals surface area contributed by atoms with Crippen molar-refractivity contribution in [2.24, 2.45) is 0 Å². The first kappa shape index (κ1) is 25.2. The topological polar surface area (TPSA) is 72.9 Å². The lowest BCUT2D eigenvalue weighted by Crippen LogP contribution is -2.32. The first-order chi connectivity index (χ1) is 16.7. The van der Waals surface area contributed by atoms with Gasteiger partial charge in [0.2, 0.25) is 0 Å². The lowest BCUT2D eigenvalue weighted by molar-refractivity contribution is 0.0339. The van der Waals surface area contributed by atoms with Gasteiger partial charge in [0.25, 0.3) is 5.91 Å². The van der Waals surface area contributed by atoms with Crippen molar-refractivity contribution in [2.45, 2.75) is 36.7 Å². The summed E-state index contributed by atoms with van der Waals surface area (Å²) in [7, 11) is -2.03. The van der Waals surface area contributed by atoms with Crippen molar-refractivity contribution < 1.29 is 22.7 Å². The molecule has 0 radical (unpaired) electrons. The number of amides is 1.